The molecule has 0 saturated heterocycles. The average Bonchev–Trinajstić information content (AvgIpc) is 2.15. The molecule has 0 fully saturated rings. The Labute approximate surface area is 87.1 Å². The van der Waals surface area contributed by atoms with Crippen LogP contribution < -0.4 is 5.73 Å². The van der Waals surface area contributed by atoms with E-state index in [4.69, 9.17) is 10.3 Å². The summed E-state index contributed by atoms with van der Waals surface area (Å²) in [5, 5.41) is 1.05. The van der Waals surface area contributed by atoms with Crippen molar-refractivity contribution in [2.24, 2.45) is 0 Å². The molecule has 4 nitrogen and oxygen atoms in total. The summed E-state index contributed by atoms with van der Waals surface area (Å²) in [5.74, 6) is 0. The fourth-order valence-corrected chi connectivity index (χ4v) is 2.17. The van der Waals surface area contributed by atoms with Crippen LogP contribution in [-0.4, -0.2) is 13.0 Å². The molecule has 77 valence electrons. The second kappa shape index (κ2) is 3.22. The average molecular weight is 222 g/mol. The number of benzene rings is 2. The van der Waals surface area contributed by atoms with Gasteiger partial charge in [-0.25, -0.2) is 0 Å². The topological polar surface area (TPSA) is 78.2 Å². The molecule has 0 heterocycles. The van der Waals surface area contributed by atoms with Crippen LogP contribution >= 0.6 is 0 Å². The molecule has 5 heteroatoms. The van der Waals surface area contributed by atoms with E-state index >= 15 is 0 Å². The minimum absolute atomic E-state index is 0.158. The lowest BCUT2D eigenvalue weighted by Crippen LogP contribution is -1.98. The van der Waals surface area contributed by atoms with Crippen LogP contribution in [0.2, 0.25) is 0 Å². The summed E-state index contributed by atoms with van der Waals surface area (Å²) in [6, 6.07) is 9.22. The predicted octanol–water partition coefficient (Wildman–Crippen LogP) is 2.00. The van der Waals surface area contributed by atoms with Crippen molar-refractivity contribution in [1.29, 1.82) is 0 Å². The lowest BCUT2D eigenvalue weighted by Gasteiger charge is -2.03. The zero-order valence-electron chi connectivity index (χ0n) is 7.64. The van der Waals surface area contributed by atoms with Crippen LogP contribution in [0.3, 0.4) is 0 Å². The van der Waals surface area contributed by atoms with Gasteiger partial charge in [0.05, 0.1) is 5.69 Å². The van der Waals surface area contributed by atoms with Crippen molar-refractivity contribution in [2.75, 3.05) is 0 Å². The van der Waals surface area contributed by atoms with E-state index in [9.17, 15) is 8.42 Å². The largest absolute Gasteiger partial charge is 0.301 e. The smallest absolute Gasteiger partial charge is 0.295 e. The predicted molar refractivity (Wildman–Crippen MR) is 56.5 cm³/mol. The van der Waals surface area contributed by atoms with Crippen molar-refractivity contribution in [1.82, 2.24) is 5.73 Å². The van der Waals surface area contributed by atoms with Crippen LogP contribution in [0.4, 0.5) is 5.69 Å². The Bertz CT molecular complexity index is 620. The van der Waals surface area contributed by atoms with E-state index in [1.54, 1.807) is 24.3 Å². The third-order valence-corrected chi connectivity index (χ3v) is 3.03. The highest BCUT2D eigenvalue weighted by Crippen LogP contribution is 2.25. The molecule has 0 bridgehead atoms. The minimum atomic E-state index is -4.23. The van der Waals surface area contributed by atoms with Crippen LogP contribution in [0.25, 0.3) is 10.8 Å². The second-order valence-corrected chi connectivity index (χ2v) is 4.56. The van der Waals surface area contributed by atoms with E-state index in [0.717, 1.165) is 0 Å². The Hall–Kier alpha value is -1.59. The molecule has 0 aliphatic heterocycles. The number of nitrogens with one attached hydrogen (secondary N) is 1. The van der Waals surface area contributed by atoms with Gasteiger partial charge >= 0.3 is 0 Å². The summed E-state index contributed by atoms with van der Waals surface area (Å²) in [6.07, 6.45) is 0. The standard InChI is InChI=1S/C10H8NO3S/c11-8-5-4-7-2-1-3-10(9(7)6-8)15(12,13)14/h1-6,11H,(H,12,13,14). The zero-order chi connectivity index (χ0) is 11.1. The summed E-state index contributed by atoms with van der Waals surface area (Å²) in [4.78, 5) is -0.158. The first-order valence-corrected chi connectivity index (χ1v) is 5.64. The highest BCUT2D eigenvalue weighted by atomic mass is 32.2. The lowest BCUT2D eigenvalue weighted by molar-refractivity contribution is 0.484. The SMILES string of the molecule is [NH]c1ccc2cccc(S(=O)(=O)O)c2c1. The highest BCUT2D eigenvalue weighted by molar-refractivity contribution is 7.86. The van der Waals surface area contributed by atoms with E-state index in [-0.39, 0.29) is 10.6 Å². The maximum absolute atomic E-state index is 11.1. The summed E-state index contributed by atoms with van der Waals surface area (Å²) < 4.78 is 31.1. The fourth-order valence-electron chi connectivity index (χ4n) is 1.47. The van der Waals surface area contributed by atoms with Crippen molar-refractivity contribution in [3.8, 4) is 0 Å². The first kappa shape index (κ1) is 9.95. The summed E-state index contributed by atoms with van der Waals surface area (Å²) >= 11 is 0. The Balaban J connectivity index is 2.92. The van der Waals surface area contributed by atoms with E-state index in [1.165, 1.54) is 12.1 Å². The molecule has 0 atom stereocenters. The fraction of sp³-hybridized carbons (Fsp3) is 0. The molecule has 0 spiro atoms. The first-order chi connectivity index (χ1) is 6.98. The Morgan fingerprint density at radius 3 is 2.53 bits per heavy atom. The number of hydrogen-bond acceptors (Lipinski definition) is 2. The lowest BCUT2D eigenvalue weighted by atomic mass is 10.1. The molecule has 0 saturated carbocycles. The molecule has 15 heavy (non-hydrogen) atoms. The van der Waals surface area contributed by atoms with Crippen molar-refractivity contribution < 1.29 is 13.0 Å². The summed E-state index contributed by atoms with van der Waals surface area (Å²) in [7, 11) is -4.23. The first-order valence-electron chi connectivity index (χ1n) is 4.20. The van der Waals surface area contributed by atoms with Gasteiger partial charge in [-0.05, 0) is 23.6 Å². The van der Waals surface area contributed by atoms with Gasteiger partial charge in [-0.1, -0.05) is 18.2 Å². The molecule has 0 aliphatic rings. The molecule has 0 unspecified atom stereocenters. The normalized spacial score (nSPS) is 11.8. The Morgan fingerprint density at radius 2 is 1.87 bits per heavy atom. The minimum Gasteiger partial charge on any atom is -0.301 e. The number of hydrogen-bond donors (Lipinski definition) is 1. The quantitative estimate of drug-likeness (QED) is 0.749. The van der Waals surface area contributed by atoms with E-state index < -0.39 is 10.1 Å². The van der Waals surface area contributed by atoms with Gasteiger partial charge in [0.25, 0.3) is 10.1 Å². The Kier molecular flexibility index (Phi) is 2.13. The maximum atomic E-state index is 11.1. The maximum Gasteiger partial charge on any atom is 0.295 e. The third-order valence-electron chi connectivity index (χ3n) is 2.12. The number of rotatable bonds is 1. The molecule has 0 aromatic heterocycles. The monoisotopic (exact) mass is 222 g/mol. The van der Waals surface area contributed by atoms with Gasteiger partial charge in [0.15, 0.2) is 0 Å². The van der Waals surface area contributed by atoms with Gasteiger partial charge in [-0.2, -0.15) is 8.42 Å². The second-order valence-electron chi connectivity index (χ2n) is 3.17. The van der Waals surface area contributed by atoms with Crippen LogP contribution in [0, 0.1) is 0 Å². The van der Waals surface area contributed by atoms with E-state index in [2.05, 4.69) is 0 Å². The highest BCUT2D eigenvalue weighted by Gasteiger charge is 2.13. The van der Waals surface area contributed by atoms with E-state index in [0.29, 0.717) is 10.8 Å². The van der Waals surface area contributed by atoms with Gasteiger partial charge in [-0.3, -0.25) is 4.55 Å². The van der Waals surface area contributed by atoms with Crippen LogP contribution in [-0.2, 0) is 10.1 Å². The molecule has 2 aromatic carbocycles. The van der Waals surface area contributed by atoms with Gasteiger partial charge in [0.2, 0.25) is 0 Å². The summed E-state index contributed by atoms with van der Waals surface area (Å²) in [5.41, 5.74) is 7.61. The van der Waals surface area contributed by atoms with Crippen molar-refractivity contribution in [2.45, 2.75) is 4.90 Å². The van der Waals surface area contributed by atoms with Gasteiger partial charge < -0.3 is 5.73 Å². The van der Waals surface area contributed by atoms with Crippen LogP contribution in [0.15, 0.2) is 41.3 Å². The molecule has 1 radical (unpaired) electrons. The third kappa shape index (κ3) is 1.79. The summed E-state index contributed by atoms with van der Waals surface area (Å²) in [6.45, 7) is 0. The molecule has 0 aliphatic carbocycles. The van der Waals surface area contributed by atoms with Crippen LogP contribution in [0.5, 0.6) is 0 Å². The molecule has 2 rings (SSSR count). The van der Waals surface area contributed by atoms with Crippen molar-refractivity contribution >= 4 is 26.6 Å². The van der Waals surface area contributed by atoms with Gasteiger partial charge in [0.1, 0.15) is 4.90 Å². The molecule has 2 N–H and O–H groups in total. The zero-order valence-corrected chi connectivity index (χ0v) is 8.45. The van der Waals surface area contributed by atoms with E-state index in [1.807, 2.05) is 0 Å². The Morgan fingerprint density at radius 1 is 1.13 bits per heavy atom. The van der Waals surface area contributed by atoms with Crippen LogP contribution in [0.1, 0.15) is 0 Å². The molecule has 0 amide bonds. The van der Waals surface area contributed by atoms with Crippen molar-refractivity contribution in [3.63, 3.8) is 0 Å². The van der Waals surface area contributed by atoms with Gasteiger partial charge in [0, 0.05) is 5.39 Å². The van der Waals surface area contributed by atoms with Crippen molar-refractivity contribution in [3.05, 3.63) is 36.4 Å². The van der Waals surface area contributed by atoms with Gasteiger partial charge in [-0.15, -0.1) is 0 Å². The number of fused-ring (bicyclic) bond motifs is 1. The molecular weight excluding hydrogens is 214 g/mol. The molecule has 2 aromatic rings. The molecular formula is C10H8NO3S.